The van der Waals surface area contributed by atoms with Gasteiger partial charge >= 0.3 is 0 Å². The number of benzene rings is 2. The number of halogens is 3. The summed E-state index contributed by atoms with van der Waals surface area (Å²) < 4.78 is 27.5. The maximum atomic E-state index is 14.0. The fraction of sp³-hybridized carbons (Fsp3) is 0.250. The Balaban J connectivity index is 2.31. The van der Waals surface area contributed by atoms with Crippen molar-refractivity contribution in [1.29, 1.82) is 0 Å². The van der Waals surface area contributed by atoms with Crippen LogP contribution in [0.3, 0.4) is 0 Å². The number of likely N-dealkylation sites (N-methyl/N-ethyl adjacent to an activating group) is 1. The molecule has 0 bridgehead atoms. The molecule has 2 aromatic carbocycles. The van der Waals surface area contributed by atoms with Gasteiger partial charge in [0.1, 0.15) is 11.6 Å². The number of nitrogens with one attached hydrogen (secondary N) is 1. The zero-order valence-corrected chi connectivity index (χ0v) is 12.1. The monoisotopic (exact) mass is 295 g/mol. The molecule has 0 aromatic heterocycles. The molecule has 20 heavy (non-hydrogen) atoms. The van der Waals surface area contributed by atoms with E-state index >= 15 is 0 Å². The van der Waals surface area contributed by atoms with E-state index in [0.717, 1.165) is 23.3 Å². The third-order valence-corrected chi connectivity index (χ3v) is 3.58. The highest BCUT2D eigenvalue weighted by atomic mass is 35.5. The lowest BCUT2D eigenvalue weighted by molar-refractivity contribution is 0.523. The van der Waals surface area contributed by atoms with Crippen LogP contribution in [0.15, 0.2) is 36.4 Å². The van der Waals surface area contributed by atoms with Crippen LogP contribution in [0.5, 0.6) is 0 Å². The molecule has 106 valence electrons. The van der Waals surface area contributed by atoms with Crippen molar-refractivity contribution in [3.63, 3.8) is 0 Å². The van der Waals surface area contributed by atoms with Gasteiger partial charge in [-0.2, -0.15) is 0 Å². The molecule has 0 aliphatic heterocycles. The molecule has 1 atom stereocenters. The van der Waals surface area contributed by atoms with Gasteiger partial charge in [0, 0.05) is 11.6 Å². The molecule has 0 fully saturated rings. The van der Waals surface area contributed by atoms with E-state index in [1.165, 1.54) is 0 Å². The first-order valence-corrected chi connectivity index (χ1v) is 6.76. The van der Waals surface area contributed by atoms with E-state index < -0.39 is 11.6 Å². The number of rotatable bonds is 4. The van der Waals surface area contributed by atoms with E-state index in [1.807, 2.05) is 31.2 Å². The van der Waals surface area contributed by atoms with E-state index in [0.29, 0.717) is 6.42 Å². The number of hydrogen-bond acceptors (Lipinski definition) is 1. The van der Waals surface area contributed by atoms with Crippen molar-refractivity contribution in [3.8, 4) is 0 Å². The Bertz CT molecular complexity index is 613. The molecule has 2 aromatic rings. The molecule has 2 rings (SSSR count). The summed E-state index contributed by atoms with van der Waals surface area (Å²) in [4.78, 5) is 0. The van der Waals surface area contributed by atoms with Gasteiger partial charge in [-0.25, -0.2) is 8.78 Å². The Kier molecular flexibility index (Phi) is 4.73. The smallest absolute Gasteiger partial charge is 0.142 e. The molecule has 0 saturated carbocycles. The van der Waals surface area contributed by atoms with E-state index in [4.69, 9.17) is 11.6 Å². The van der Waals surface area contributed by atoms with Crippen molar-refractivity contribution in [2.45, 2.75) is 19.4 Å². The van der Waals surface area contributed by atoms with Gasteiger partial charge in [-0.05, 0) is 38.1 Å². The van der Waals surface area contributed by atoms with Gasteiger partial charge < -0.3 is 5.32 Å². The third kappa shape index (κ3) is 3.35. The summed E-state index contributed by atoms with van der Waals surface area (Å²) in [6.07, 6.45) is 0.580. The predicted molar refractivity (Wildman–Crippen MR) is 78.1 cm³/mol. The third-order valence-electron chi connectivity index (χ3n) is 3.29. The Morgan fingerprint density at radius 1 is 1.15 bits per heavy atom. The Labute approximate surface area is 122 Å². The fourth-order valence-electron chi connectivity index (χ4n) is 2.25. The van der Waals surface area contributed by atoms with Crippen molar-refractivity contribution in [1.82, 2.24) is 5.32 Å². The molecule has 0 spiro atoms. The van der Waals surface area contributed by atoms with Crippen LogP contribution >= 0.6 is 11.6 Å². The minimum Gasteiger partial charge on any atom is -0.313 e. The molecule has 1 unspecified atom stereocenters. The summed E-state index contributed by atoms with van der Waals surface area (Å²) in [5, 5.41) is 2.83. The van der Waals surface area contributed by atoms with E-state index in [-0.39, 0.29) is 16.6 Å². The largest absolute Gasteiger partial charge is 0.313 e. The van der Waals surface area contributed by atoms with Crippen molar-refractivity contribution in [3.05, 3.63) is 69.7 Å². The molecule has 1 N–H and O–H groups in total. The van der Waals surface area contributed by atoms with Gasteiger partial charge in [-0.1, -0.05) is 41.4 Å². The maximum Gasteiger partial charge on any atom is 0.142 e. The molecule has 1 nitrogen and oxygen atoms in total. The van der Waals surface area contributed by atoms with Crippen LogP contribution in [0.1, 0.15) is 22.7 Å². The first kappa shape index (κ1) is 14.9. The van der Waals surface area contributed by atoms with Crippen LogP contribution in [-0.2, 0) is 6.42 Å². The first-order valence-electron chi connectivity index (χ1n) is 6.38. The second-order valence-corrected chi connectivity index (χ2v) is 5.23. The van der Waals surface area contributed by atoms with Crippen LogP contribution < -0.4 is 5.32 Å². The Morgan fingerprint density at radius 2 is 1.90 bits per heavy atom. The lowest BCUT2D eigenvalue weighted by atomic mass is 9.97. The molecule has 0 amide bonds. The zero-order valence-electron chi connectivity index (χ0n) is 11.4. The Morgan fingerprint density at radius 3 is 2.55 bits per heavy atom. The van der Waals surface area contributed by atoms with Crippen molar-refractivity contribution < 1.29 is 8.78 Å². The van der Waals surface area contributed by atoms with Crippen molar-refractivity contribution >= 4 is 11.6 Å². The molecule has 0 aliphatic carbocycles. The molecule has 0 radical (unpaired) electrons. The summed E-state index contributed by atoms with van der Waals surface area (Å²) >= 11 is 5.58. The number of hydrogen-bond donors (Lipinski definition) is 1. The van der Waals surface area contributed by atoms with Gasteiger partial charge in [0.2, 0.25) is 0 Å². The Hall–Kier alpha value is -1.45. The standard InChI is InChI=1S/C16H16ClF2N/c1-10-4-3-5-11(6-10)7-16(20-2)12-8-15(19)13(17)9-14(12)18/h3-6,8-9,16,20H,7H2,1-2H3. The fourth-order valence-corrected chi connectivity index (χ4v) is 2.40. The van der Waals surface area contributed by atoms with Gasteiger partial charge in [0.15, 0.2) is 0 Å². The van der Waals surface area contributed by atoms with Gasteiger partial charge in [0.25, 0.3) is 0 Å². The average Bonchev–Trinajstić information content (AvgIpc) is 2.40. The molecule has 4 heteroatoms. The highest BCUT2D eigenvalue weighted by Crippen LogP contribution is 2.26. The summed E-state index contributed by atoms with van der Waals surface area (Å²) in [6, 6.07) is 9.84. The van der Waals surface area contributed by atoms with Crippen LogP contribution in [-0.4, -0.2) is 7.05 Å². The van der Waals surface area contributed by atoms with Crippen LogP contribution in [0.2, 0.25) is 5.02 Å². The average molecular weight is 296 g/mol. The molecule has 0 aliphatic rings. The minimum atomic E-state index is -0.604. The minimum absolute atomic E-state index is 0.198. The van der Waals surface area contributed by atoms with Gasteiger partial charge in [-0.3, -0.25) is 0 Å². The summed E-state index contributed by atoms with van der Waals surface area (Å²) in [5.74, 6) is -1.10. The molecular formula is C16H16ClF2N. The lowest BCUT2D eigenvalue weighted by Gasteiger charge is -2.18. The topological polar surface area (TPSA) is 12.0 Å². The predicted octanol–water partition coefficient (Wildman–Crippen LogP) is 4.43. The zero-order chi connectivity index (χ0) is 14.7. The molecule has 0 saturated heterocycles. The van der Waals surface area contributed by atoms with Crippen LogP contribution in [0.25, 0.3) is 0 Å². The van der Waals surface area contributed by atoms with E-state index in [2.05, 4.69) is 5.32 Å². The number of aryl methyl sites for hydroxylation is 1. The van der Waals surface area contributed by atoms with Gasteiger partial charge in [-0.15, -0.1) is 0 Å². The quantitative estimate of drug-likeness (QED) is 0.823. The second-order valence-electron chi connectivity index (χ2n) is 4.82. The molecular weight excluding hydrogens is 280 g/mol. The van der Waals surface area contributed by atoms with Crippen molar-refractivity contribution in [2.24, 2.45) is 0 Å². The first-order chi connectivity index (χ1) is 9.51. The normalized spacial score (nSPS) is 12.4. The summed E-state index contributed by atoms with van der Waals surface area (Å²) in [6.45, 7) is 2.00. The summed E-state index contributed by atoms with van der Waals surface area (Å²) in [5.41, 5.74) is 2.50. The maximum absolute atomic E-state index is 14.0. The van der Waals surface area contributed by atoms with Gasteiger partial charge in [0.05, 0.1) is 5.02 Å². The summed E-state index contributed by atoms with van der Waals surface area (Å²) in [7, 11) is 1.73. The van der Waals surface area contributed by atoms with Crippen LogP contribution in [0.4, 0.5) is 8.78 Å². The second kappa shape index (κ2) is 6.33. The van der Waals surface area contributed by atoms with Crippen molar-refractivity contribution in [2.75, 3.05) is 7.05 Å². The lowest BCUT2D eigenvalue weighted by Crippen LogP contribution is -2.20. The van der Waals surface area contributed by atoms with E-state index in [1.54, 1.807) is 7.05 Å². The molecule has 0 heterocycles. The van der Waals surface area contributed by atoms with E-state index in [9.17, 15) is 8.78 Å². The van der Waals surface area contributed by atoms with Crippen LogP contribution in [0, 0.1) is 18.6 Å². The highest BCUT2D eigenvalue weighted by Gasteiger charge is 2.17. The SMILES string of the molecule is CNC(Cc1cccc(C)c1)c1cc(F)c(Cl)cc1F. The highest BCUT2D eigenvalue weighted by molar-refractivity contribution is 6.30.